The van der Waals surface area contributed by atoms with Gasteiger partial charge >= 0.3 is 6.09 Å². The summed E-state index contributed by atoms with van der Waals surface area (Å²) >= 11 is 0. The van der Waals surface area contributed by atoms with E-state index in [2.05, 4.69) is 15.2 Å². The third kappa shape index (κ3) is 8.13. The molecule has 45 heavy (non-hydrogen) atoms. The lowest BCUT2D eigenvalue weighted by Crippen LogP contribution is -2.31. The molecule has 1 amide bonds. The van der Waals surface area contributed by atoms with Crippen LogP contribution in [0.4, 0.5) is 30.9 Å². The Balaban J connectivity index is 1.36. The molecule has 1 N–H and O–H groups in total. The van der Waals surface area contributed by atoms with Crippen molar-refractivity contribution in [1.82, 2.24) is 14.9 Å². The second kappa shape index (κ2) is 14.5. The fraction of sp³-hybridized carbons (Fsp3) is 0.343. The second-order valence-electron chi connectivity index (χ2n) is 11.4. The van der Waals surface area contributed by atoms with Crippen LogP contribution in [0.25, 0.3) is 11.3 Å². The Labute approximate surface area is 263 Å². The van der Waals surface area contributed by atoms with Gasteiger partial charge in [-0.2, -0.15) is 4.98 Å². The minimum Gasteiger partial charge on any atom is -0.493 e. The Bertz CT molecular complexity index is 1660. The number of anilines is 3. The number of piperidine rings is 1. The first kappa shape index (κ1) is 31.8. The Kier molecular flexibility index (Phi) is 10.2. The molecule has 236 valence electrons. The summed E-state index contributed by atoms with van der Waals surface area (Å²) in [6.45, 7) is 10.1. The van der Waals surface area contributed by atoms with E-state index in [1.165, 1.54) is 45.5 Å². The molecule has 1 fully saturated rings. The summed E-state index contributed by atoms with van der Waals surface area (Å²) in [6, 6.07) is 16.3. The van der Waals surface area contributed by atoms with E-state index in [1.807, 2.05) is 57.2 Å². The number of carbonyl (C=O) groups excluding carboxylic acids is 1. The van der Waals surface area contributed by atoms with Crippen LogP contribution in [0, 0.1) is 32.4 Å². The van der Waals surface area contributed by atoms with Gasteiger partial charge < -0.3 is 19.7 Å². The Morgan fingerprint density at radius 2 is 1.73 bits per heavy atom. The molecule has 1 aliphatic rings. The lowest BCUT2D eigenvalue weighted by atomic mass is 9.97. The minimum absolute atomic E-state index is 0.00956. The number of rotatable bonds is 10. The van der Waals surface area contributed by atoms with Gasteiger partial charge in [0.25, 0.3) is 0 Å². The minimum atomic E-state index is -1.07. The molecule has 0 spiro atoms. The number of likely N-dealkylation sites (tertiary alicyclic amines) is 1. The molecule has 5 rings (SSSR count). The Morgan fingerprint density at radius 1 is 0.933 bits per heavy atom. The highest BCUT2D eigenvalue weighted by atomic mass is 19.2. The summed E-state index contributed by atoms with van der Waals surface area (Å²) in [5, 5.41) is 3.22. The Morgan fingerprint density at radius 3 is 2.51 bits per heavy atom. The van der Waals surface area contributed by atoms with E-state index >= 15 is 0 Å². The zero-order valence-corrected chi connectivity index (χ0v) is 26.2. The lowest BCUT2D eigenvalue weighted by Gasteiger charge is -2.26. The molecule has 1 saturated heterocycles. The van der Waals surface area contributed by atoms with E-state index < -0.39 is 17.7 Å². The first-order valence-electron chi connectivity index (χ1n) is 15.3. The highest BCUT2D eigenvalue weighted by Crippen LogP contribution is 2.30. The maximum Gasteiger partial charge on any atom is 0.420 e. The molecule has 8 nitrogen and oxygen atoms in total. The van der Waals surface area contributed by atoms with Crippen LogP contribution in [-0.4, -0.2) is 54.2 Å². The van der Waals surface area contributed by atoms with Crippen LogP contribution >= 0.6 is 0 Å². The zero-order chi connectivity index (χ0) is 31.9. The van der Waals surface area contributed by atoms with Gasteiger partial charge in [0.05, 0.1) is 12.3 Å². The van der Waals surface area contributed by atoms with Gasteiger partial charge in [-0.1, -0.05) is 24.6 Å². The van der Waals surface area contributed by atoms with E-state index in [4.69, 9.17) is 14.5 Å². The predicted molar refractivity (Wildman–Crippen MR) is 173 cm³/mol. The van der Waals surface area contributed by atoms with Crippen LogP contribution in [0.2, 0.25) is 0 Å². The molecular formula is C35H39F2N5O3. The summed E-state index contributed by atoms with van der Waals surface area (Å²) in [7, 11) is 1.40. The smallest absolute Gasteiger partial charge is 0.420 e. The van der Waals surface area contributed by atoms with Crippen molar-refractivity contribution in [3.8, 4) is 22.9 Å². The number of hydrogen-bond donors (Lipinski definition) is 1. The van der Waals surface area contributed by atoms with Crippen LogP contribution in [0.15, 0.2) is 60.7 Å². The number of ether oxygens (including phenoxy) is 2. The molecule has 0 bridgehead atoms. The van der Waals surface area contributed by atoms with Crippen molar-refractivity contribution < 1.29 is 23.0 Å². The highest BCUT2D eigenvalue weighted by molar-refractivity contribution is 5.88. The van der Waals surface area contributed by atoms with Crippen LogP contribution in [0.1, 0.15) is 42.4 Å². The number of aryl methyl sites for hydroxylation is 1. The summed E-state index contributed by atoms with van der Waals surface area (Å²) in [4.78, 5) is 25.8. The summed E-state index contributed by atoms with van der Waals surface area (Å²) < 4.78 is 38.9. The monoisotopic (exact) mass is 615 g/mol. The quantitative estimate of drug-likeness (QED) is 0.181. The van der Waals surface area contributed by atoms with E-state index in [0.717, 1.165) is 58.0 Å². The van der Waals surface area contributed by atoms with Crippen LogP contribution < -0.4 is 19.7 Å². The van der Waals surface area contributed by atoms with E-state index in [0.29, 0.717) is 18.0 Å². The number of carbonyl (C=O) groups is 1. The van der Waals surface area contributed by atoms with Crippen LogP contribution in [-0.2, 0) is 0 Å². The topological polar surface area (TPSA) is 79.8 Å². The SMILES string of the molecule is Cc1ccc(-c2cc(OC(=O)N(C)c3ccc(F)c(F)c3)nc(Nc3cccc(OCCCN4CCCCC4)c3)n2)c(C)c1C. The maximum atomic E-state index is 13.8. The Hall–Kier alpha value is -4.57. The number of amides is 1. The highest BCUT2D eigenvalue weighted by Gasteiger charge is 2.19. The average Bonchev–Trinajstić information content (AvgIpc) is 3.03. The van der Waals surface area contributed by atoms with Gasteiger partial charge in [0.2, 0.25) is 11.8 Å². The molecule has 4 aromatic rings. The largest absolute Gasteiger partial charge is 0.493 e. The molecule has 0 radical (unpaired) electrons. The third-order valence-corrected chi connectivity index (χ3v) is 8.22. The zero-order valence-electron chi connectivity index (χ0n) is 26.2. The molecule has 1 aliphatic heterocycles. The summed E-state index contributed by atoms with van der Waals surface area (Å²) in [6.07, 6.45) is 3.99. The van der Waals surface area contributed by atoms with Crippen molar-refractivity contribution in [3.05, 3.63) is 89.0 Å². The number of benzene rings is 3. The van der Waals surface area contributed by atoms with E-state index in [9.17, 15) is 13.6 Å². The number of halogens is 2. The number of aromatic nitrogens is 2. The molecule has 0 atom stereocenters. The van der Waals surface area contributed by atoms with Crippen LogP contribution in [0.3, 0.4) is 0 Å². The van der Waals surface area contributed by atoms with E-state index in [-0.39, 0.29) is 17.5 Å². The maximum absolute atomic E-state index is 13.8. The molecule has 0 saturated carbocycles. The summed E-state index contributed by atoms with van der Waals surface area (Å²) in [5.41, 5.74) is 5.56. The standard InChI is InChI=1S/C35H39F2N5O3/c1-23-12-14-29(25(3)24(23)2)32-22-33(45-35(43)41(4)27-13-15-30(36)31(37)21-27)40-34(39-32)38-26-10-8-11-28(20-26)44-19-9-18-42-16-6-5-7-17-42/h8,10-15,20-22H,5-7,9,16-19H2,1-4H3,(H,38,39,40). The van der Waals surface area contributed by atoms with Crippen molar-refractivity contribution in [2.75, 3.05) is 43.5 Å². The van der Waals surface area contributed by atoms with Crippen LogP contribution in [0.5, 0.6) is 11.6 Å². The second-order valence-corrected chi connectivity index (χ2v) is 11.4. The first-order chi connectivity index (χ1) is 21.7. The number of hydrogen-bond acceptors (Lipinski definition) is 7. The van der Waals surface area contributed by atoms with Gasteiger partial charge in [-0.25, -0.2) is 18.6 Å². The lowest BCUT2D eigenvalue weighted by molar-refractivity contribution is 0.205. The normalized spacial score (nSPS) is 13.4. The van der Waals surface area contributed by atoms with Crippen molar-refractivity contribution in [1.29, 1.82) is 0 Å². The predicted octanol–water partition coefficient (Wildman–Crippen LogP) is 7.98. The van der Waals surface area contributed by atoms with Gasteiger partial charge in [0.15, 0.2) is 11.6 Å². The van der Waals surface area contributed by atoms with Crippen molar-refractivity contribution in [3.63, 3.8) is 0 Å². The van der Waals surface area contributed by atoms with Gasteiger partial charge in [-0.05, 0) is 94.1 Å². The van der Waals surface area contributed by atoms with Crippen molar-refractivity contribution in [2.45, 2.75) is 46.5 Å². The van der Waals surface area contributed by atoms with Crippen molar-refractivity contribution in [2.24, 2.45) is 0 Å². The van der Waals surface area contributed by atoms with Crippen molar-refractivity contribution >= 4 is 23.4 Å². The number of nitrogens with one attached hydrogen (secondary N) is 1. The van der Waals surface area contributed by atoms with Gasteiger partial charge in [0.1, 0.15) is 5.75 Å². The molecule has 10 heteroatoms. The summed E-state index contributed by atoms with van der Waals surface area (Å²) in [5.74, 6) is -1.15. The van der Waals surface area contributed by atoms with E-state index in [1.54, 1.807) is 6.07 Å². The average molecular weight is 616 g/mol. The number of nitrogens with zero attached hydrogens (tertiary/aromatic N) is 4. The first-order valence-corrected chi connectivity index (χ1v) is 15.3. The molecular weight excluding hydrogens is 576 g/mol. The van der Waals surface area contributed by atoms with Gasteiger partial charge in [-0.15, -0.1) is 0 Å². The van der Waals surface area contributed by atoms with Gasteiger partial charge in [-0.3, -0.25) is 4.90 Å². The molecule has 0 unspecified atom stereocenters. The third-order valence-electron chi connectivity index (χ3n) is 8.22. The fourth-order valence-corrected chi connectivity index (χ4v) is 5.32. The molecule has 3 aromatic carbocycles. The molecule has 1 aromatic heterocycles. The molecule has 2 heterocycles. The fourth-order valence-electron chi connectivity index (χ4n) is 5.32. The molecule has 0 aliphatic carbocycles. The van der Waals surface area contributed by atoms with Gasteiger partial charge in [0, 0.05) is 48.7 Å².